The maximum atomic E-state index is 10.7. The molecule has 10 heavy (non-hydrogen) atoms. The standard InChI is InChI=1S/C7H12O3/c1-5(8)6-4-9-7(2,3)10-6/h6H,4H2,1-3H3/t6-/m0/s1. The molecular formula is C7H12O3. The van der Waals surface area contributed by atoms with E-state index in [2.05, 4.69) is 0 Å². The van der Waals surface area contributed by atoms with E-state index in [0.29, 0.717) is 6.61 Å². The Bertz CT molecular complexity index is 151. The van der Waals surface area contributed by atoms with Crippen LogP contribution >= 0.6 is 0 Å². The quantitative estimate of drug-likeness (QED) is 0.544. The normalized spacial score (nSPS) is 30.5. The van der Waals surface area contributed by atoms with Crippen LogP contribution in [0.15, 0.2) is 0 Å². The first-order valence-corrected chi connectivity index (χ1v) is 3.33. The van der Waals surface area contributed by atoms with Gasteiger partial charge in [0.05, 0.1) is 6.61 Å². The summed E-state index contributed by atoms with van der Waals surface area (Å²) in [5.41, 5.74) is 0. The predicted molar refractivity (Wildman–Crippen MR) is 35.6 cm³/mol. The molecule has 0 aromatic heterocycles. The summed E-state index contributed by atoms with van der Waals surface area (Å²) in [7, 11) is 0. The summed E-state index contributed by atoms with van der Waals surface area (Å²) >= 11 is 0. The maximum Gasteiger partial charge on any atom is 0.163 e. The van der Waals surface area contributed by atoms with E-state index in [4.69, 9.17) is 9.47 Å². The molecule has 1 aliphatic heterocycles. The Kier molecular flexibility index (Phi) is 1.79. The molecule has 3 nitrogen and oxygen atoms in total. The molecule has 1 fully saturated rings. The highest BCUT2D eigenvalue weighted by molar-refractivity contribution is 5.80. The highest BCUT2D eigenvalue weighted by Crippen LogP contribution is 2.22. The molecule has 0 spiro atoms. The van der Waals surface area contributed by atoms with Crippen molar-refractivity contribution in [2.45, 2.75) is 32.7 Å². The van der Waals surface area contributed by atoms with Gasteiger partial charge < -0.3 is 9.47 Å². The molecule has 1 rings (SSSR count). The third kappa shape index (κ3) is 1.55. The van der Waals surface area contributed by atoms with Gasteiger partial charge in [0, 0.05) is 0 Å². The SMILES string of the molecule is CC(=O)[C@@H]1COC(C)(C)O1. The molecule has 1 heterocycles. The van der Waals surface area contributed by atoms with Crippen molar-refractivity contribution in [3.63, 3.8) is 0 Å². The van der Waals surface area contributed by atoms with E-state index in [-0.39, 0.29) is 11.9 Å². The van der Waals surface area contributed by atoms with Gasteiger partial charge in [-0.1, -0.05) is 0 Å². The second-order valence-corrected chi connectivity index (χ2v) is 2.93. The lowest BCUT2D eigenvalue weighted by atomic mass is 10.3. The van der Waals surface area contributed by atoms with Crippen LogP contribution < -0.4 is 0 Å². The van der Waals surface area contributed by atoms with Crippen LogP contribution in [-0.4, -0.2) is 24.3 Å². The van der Waals surface area contributed by atoms with Gasteiger partial charge >= 0.3 is 0 Å². The lowest BCUT2D eigenvalue weighted by Gasteiger charge is -2.15. The fraction of sp³-hybridized carbons (Fsp3) is 0.857. The molecule has 0 radical (unpaired) electrons. The molecular weight excluding hydrogens is 132 g/mol. The molecule has 0 aliphatic carbocycles. The molecule has 58 valence electrons. The number of carbonyl (C=O) groups excluding carboxylic acids is 1. The average molecular weight is 144 g/mol. The smallest absolute Gasteiger partial charge is 0.163 e. The summed E-state index contributed by atoms with van der Waals surface area (Å²) in [6, 6.07) is 0. The molecule has 0 N–H and O–H groups in total. The van der Waals surface area contributed by atoms with Gasteiger partial charge in [-0.15, -0.1) is 0 Å². The van der Waals surface area contributed by atoms with Crippen molar-refractivity contribution in [3.8, 4) is 0 Å². The highest BCUT2D eigenvalue weighted by atomic mass is 16.7. The molecule has 0 bridgehead atoms. The number of ketones is 1. The molecule has 1 atom stereocenters. The van der Waals surface area contributed by atoms with Gasteiger partial charge in [0.25, 0.3) is 0 Å². The molecule has 1 aliphatic rings. The minimum atomic E-state index is -0.573. The van der Waals surface area contributed by atoms with E-state index in [0.717, 1.165) is 0 Å². The van der Waals surface area contributed by atoms with Crippen molar-refractivity contribution in [3.05, 3.63) is 0 Å². The van der Waals surface area contributed by atoms with Gasteiger partial charge in [0.2, 0.25) is 0 Å². The summed E-state index contributed by atoms with van der Waals surface area (Å²) in [5.74, 6) is -0.540. The van der Waals surface area contributed by atoms with Gasteiger partial charge in [0.1, 0.15) is 6.10 Å². The third-order valence-corrected chi connectivity index (χ3v) is 1.46. The van der Waals surface area contributed by atoms with Crippen molar-refractivity contribution in [1.82, 2.24) is 0 Å². The van der Waals surface area contributed by atoms with E-state index in [1.807, 2.05) is 0 Å². The largest absolute Gasteiger partial charge is 0.347 e. The summed E-state index contributed by atoms with van der Waals surface area (Å²) in [6.07, 6.45) is -0.352. The van der Waals surface area contributed by atoms with Crippen LogP contribution in [0.4, 0.5) is 0 Å². The lowest BCUT2D eigenvalue weighted by molar-refractivity contribution is -0.150. The minimum Gasteiger partial charge on any atom is -0.347 e. The number of carbonyl (C=O) groups is 1. The number of hydrogen-bond donors (Lipinski definition) is 0. The van der Waals surface area contributed by atoms with Gasteiger partial charge in [-0.2, -0.15) is 0 Å². The third-order valence-electron chi connectivity index (χ3n) is 1.46. The number of ether oxygens (including phenoxy) is 2. The monoisotopic (exact) mass is 144 g/mol. The summed E-state index contributed by atoms with van der Waals surface area (Å²) < 4.78 is 10.4. The van der Waals surface area contributed by atoms with Crippen LogP contribution in [0.2, 0.25) is 0 Å². The van der Waals surface area contributed by atoms with Crippen LogP contribution in [0, 0.1) is 0 Å². The highest BCUT2D eigenvalue weighted by Gasteiger charge is 2.34. The van der Waals surface area contributed by atoms with Crippen molar-refractivity contribution in [2.24, 2.45) is 0 Å². The van der Waals surface area contributed by atoms with Gasteiger partial charge in [-0.25, -0.2) is 0 Å². The average Bonchev–Trinajstić information content (AvgIpc) is 2.10. The second-order valence-electron chi connectivity index (χ2n) is 2.93. The van der Waals surface area contributed by atoms with Crippen LogP contribution in [0.1, 0.15) is 20.8 Å². The molecule has 0 aromatic rings. The fourth-order valence-electron chi connectivity index (χ4n) is 0.887. The van der Waals surface area contributed by atoms with Crippen LogP contribution in [0.5, 0.6) is 0 Å². The Hall–Kier alpha value is -0.410. The zero-order valence-electron chi connectivity index (χ0n) is 6.51. The van der Waals surface area contributed by atoms with Crippen molar-refractivity contribution >= 4 is 5.78 Å². The van der Waals surface area contributed by atoms with E-state index in [9.17, 15) is 4.79 Å². The van der Waals surface area contributed by atoms with Crippen molar-refractivity contribution in [2.75, 3.05) is 6.61 Å². The number of Topliss-reactive ketones (excluding diaryl/α,β-unsaturated/α-hetero) is 1. The number of hydrogen-bond acceptors (Lipinski definition) is 3. The van der Waals surface area contributed by atoms with Gasteiger partial charge in [-0.05, 0) is 20.8 Å². The van der Waals surface area contributed by atoms with Gasteiger partial charge in [-0.3, -0.25) is 4.79 Å². The fourth-order valence-corrected chi connectivity index (χ4v) is 0.887. The number of rotatable bonds is 1. The van der Waals surface area contributed by atoms with E-state index < -0.39 is 5.79 Å². The first kappa shape index (κ1) is 7.69. The Labute approximate surface area is 60.3 Å². The van der Waals surface area contributed by atoms with E-state index >= 15 is 0 Å². The topological polar surface area (TPSA) is 35.5 Å². The van der Waals surface area contributed by atoms with E-state index in [1.54, 1.807) is 13.8 Å². The molecule has 1 saturated heterocycles. The lowest BCUT2D eigenvalue weighted by Crippen LogP contribution is -2.24. The molecule has 0 amide bonds. The second kappa shape index (κ2) is 2.32. The first-order chi connectivity index (χ1) is 4.51. The van der Waals surface area contributed by atoms with Crippen LogP contribution in [0.3, 0.4) is 0 Å². The minimum absolute atomic E-state index is 0.0329. The summed E-state index contributed by atoms with van der Waals surface area (Å²) in [4.78, 5) is 10.7. The Morgan fingerprint density at radius 2 is 2.20 bits per heavy atom. The Morgan fingerprint density at radius 1 is 1.60 bits per heavy atom. The first-order valence-electron chi connectivity index (χ1n) is 3.33. The van der Waals surface area contributed by atoms with Crippen LogP contribution in [-0.2, 0) is 14.3 Å². The maximum absolute atomic E-state index is 10.7. The van der Waals surface area contributed by atoms with Gasteiger partial charge in [0.15, 0.2) is 11.6 Å². The predicted octanol–water partition coefficient (Wildman–Crippen LogP) is 0.727. The molecule has 0 saturated carbocycles. The zero-order chi connectivity index (χ0) is 7.78. The Morgan fingerprint density at radius 3 is 2.40 bits per heavy atom. The van der Waals surface area contributed by atoms with Crippen molar-refractivity contribution < 1.29 is 14.3 Å². The van der Waals surface area contributed by atoms with Crippen LogP contribution in [0.25, 0.3) is 0 Å². The molecule has 3 heteroatoms. The van der Waals surface area contributed by atoms with Crippen molar-refractivity contribution in [1.29, 1.82) is 0 Å². The van der Waals surface area contributed by atoms with E-state index in [1.165, 1.54) is 6.92 Å². The zero-order valence-corrected chi connectivity index (χ0v) is 6.51. The molecule has 0 aromatic carbocycles. The Balaban J connectivity index is 2.51. The molecule has 0 unspecified atom stereocenters. The summed E-state index contributed by atoms with van der Waals surface area (Å²) in [5, 5.41) is 0. The summed E-state index contributed by atoms with van der Waals surface area (Å²) in [6.45, 7) is 5.50.